The number of rotatable bonds is 4. The number of amides is 2. The fourth-order valence-corrected chi connectivity index (χ4v) is 2.28. The van der Waals surface area contributed by atoms with E-state index in [1.54, 1.807) is 12.0 Å². The largest absolute Gasteiger partial charge is 0.480 e. The number of aliphatic carboxylic acids is 1. The number of carbonyl (C=O) groups is 2. The van der Waals surface area contributed by atoms with Gasteiger partial charge in [0, 0.05) is 31.7 Å². The third kappa shape index (κ3) is 4.38. The lowest BCUT2D eigenvalue weighted by molar-refractivity contribution is -0.138. The molecular weight excluding hydrogens is 248 g/mol. The van der Waals surface area contributed by atoms with E-state index in [1.807, 2.05) is 20.8 Å². The minimum Gasteiger partial charge on any atom is -0.480 e. The van der Waals surface area contributed by atoms with E-state index >= 15 is 0 Å². The van der Waals surface area contributed by atoms with Crippen LogP contribution in [0.25, 0.3) is 0 Å². The zero-order valence-electron chi connectivity index (χ0n) is 12.2. The van der Waals surface area contributed by atoms with Gasteiger partial charge in [-0.1, -0.05) is 0 Å². The highest BCUT2D eigenvalue weighted by Gasteiger charge is 2.35. The Hall–Kier alpha value is -1.30. The van der Waals surface area contributed by atoms with Crippen LogP contribution in [0.15, 0.2) is 0 Å². The Labute approximate surface area is 114 Å². The topological polar surface area (TPSA) is 70.1 Å². The Kier molecular flexibility index (Phi) is 5.17. The maximum atomic E-state index is 12.4. The molecule has 1 atom stereocenters. The predicted molar refractivity (Wildman–Crippen MR) is 71.0 cm³/mol. The molecule has 1 heterocycles. The summed E-state index contributed by atoms with van der Waals surface area (Å²) >= 11 is 0. The van der Waals surface area contributed by atoms with Crippen molar-refractivity contribution in [2.45, 2.75) is 32.7 Å². The Morgan fingerprint density at radius 1 is 1.42 bits per heavy atom. The first-order valence-corrected chi connectivity index (χ1v) is 6.53. The minimum absolute atomic E-state index is 0.200. The maximum Gasteiger partial charge on any atom is 0.323 e. The summed E-state index contributed by atoms with van der Waals surface area (Å²) in [6, 6.07) is -0.200. The highest BCUT2D eigenvalue weighted by atomic mass is 16.5. The summed E-state index contributed by atoms with van der Waals surface area (Å²) in [6.45, 7) is 7.20. The molecule has 1 fully saturated rings. The van der Waals surface area contributed by atoms with Crippen LogP contribution in [0.2, 0.25) is 0 Å². The van der Waals surface area contributed by atoms with Crippen LogP contribution in [0.3, 0.4) is 0 Å². The van der Waals surface area contributed by atoms with Crippen LogP contribution in [0.5, 0.6) is 0 Å². The molecule has 0 radical (unpaired) electrons. The van der Waals surface area contributed by atoms with E-state index in [4.69, 9.17) is 9.84 Å². The molecule has 1 saturated heterocycles. The fourth-order valence-electron chi connectivity index (χ4n) is 2.28. The van der Waals surface area contributed by atoms with E-state index in [1.165, 1.54) is 4.90 Å². The van der Waals surface area contributed by atoms with Crippen LogP contribution >= 0.6 is 0 Å². The van der Waals surface area contributed by atoms with Crippen LogP contribution in [0.1, 0.15) is 27.2 Å². The third-order valence-corrected chi connectivity index (χ3v) is 3.29. The minimum atomic E-state index is -0.990. The molecule has 19 heavy (non-hydrogen) atoms. The van der Waals surface area contributed by atoms with Crippen molar-refractivity contribution in [1.82, 2.24) is 9.80 Å². The van der Waals surface area contributed by atoms with Crippen LogP contribution in [0, 0.1) is 5.92 Å². The molecule has 6 nitrogen and oxygen atoms in total. The fraction of sp³-hybridized carbons (Fsp3) is 0.846. The number of methoxy groups -OCH3 is 1. The molecule has 0 aromatic rings. The lowest BCUT2D eigenvalue weighted by atomic mass is 10.1. The molecule has 1 rings (SSSR count). The summed E-state index contributed by atoms with van der Waals surface area (Å²) in [5, 5.41) is 8.94. The van der Waals surface area contributed by atoms with E-state index in [0.717, 1.165) is 6.42 Å². The molecule has 0 saturated carbocycles. The molecule has 0 spiro atoms. The Bertz CT molecular complexity index is 338. The Morgan fingerprint density at radius 2 is 2.05 bits per heavy atom. The van der Waals surface area contributed by atoms with Crippen molar-refractivity contribution >= 4 is 12.0 Å². The van der Waals surface area contributed by atoms with Gasteiger partial charge in [-0.05, 0) is 27.2 Å². The van der Waals surface area contributed by atoms with Crippen molar-refractivity contribution in [2.75, 3.05) is 33.4 Å². The molecule has 1 aliphatic heterocycles. The molecule has 1 unspecified atom stereocenters. The molecule has 1 N–H and O–H groups in total. The van der Waals surface area contributed by atoms with Crippen molar-refractivity contribution in [3.05, 3.63) is 0 Å². The van der Waals surface area contributed by atoms with Gasteiger partial charge in [0.15, 0.2) is 0 Å². The number of hydrogen-bond donors (Lipinski definition) is 1. The molecule has 6 heteroatoms. The van der Waals surface area contributed by atoms with Gasteiger partial charge >= 0.3 is 12.0 Å². The number of hydrogen-bond acceptors (Lipinski definition) is 3. The molecule has 0 aromatic heterocycles. The van der Waals surface area contributed by atoms with Crippen molar-refractivity contribution in [1.29, 1.82) is 0 Å². The van der Waals surface area contributed by atoms with Crippen LogP contribution < -0.4 is 0 Å². The van der Waals surface area contributed by atoms with E-state index < -0.39 is 11.5 Å². The maximum absolute atomic E-state index is 12.4. The zero-order chi connectivity index (χ0) is 14.6. The van der Waals surface area contributed by atoms with Gasteiger partial charge in [0.25, 0.3) is 0 Å². The van der Waals surface area contributed by atoms with E-state index in [9.17, 15) is 9.59 Å². The second kappa shape index (κ2) is 6.23. The highest BCUT2D eigenvalue weighted by Crippen LogP contribution is 2.21. The van der Waals surface area contributed by atoms with Crippen molar-refractivity contribution in [2.24, 2.45) is 5.92 Å². The van der Waals surface area contributed by atoms with E-state index in [2.05, 4.69) is 0 Å². The van der Waals surface area contributed by atoms with Crippen LogP contribution in [-0.2, 0) is 9.53 Å². The number of carboxylic acids is 1. The number of carbonyl (C=O) groups excluding carboxylic acids is 1. The predicted octanol–water partition coefficient (Wildman–Crippen LogP) is 1.26. The quantitative estimate of drug-likeness (QED) is 0.836. The summed E-state index contributed by atoms with van der Waals surface area (Å²) in [5.74, 6) is -0.642. The standard InChI is InChI=1S/C13H24N2O4/c1-13(2,3)15(8-11(16)17)12(18)14-6-5-10(7-14)9-19-4/h10H,5-9H2,1-4H3,(H,16,17). The normalized spacial score (nSPS) is 19.6. The second-order valence-corrected chi connectivity index (χ2v) is 5.99. The summed E-state index contributed by atoms with van der Waals surface area (Å²) in [7, 11) is 1.65. The van der Waals surface area contributed by atoms with Gasteiger partial charge in [-0.25, -0.2) is 4.79 Å². The lowest BCUT2D eigenvalue weighted by Gasteiger charge is -2.37. The summed E-state index contributed by atoms with van der Waals surface area (Å²) < 4.78 is 5.10. The first-order chi connectivity index (χ1) is 8.75. The Morgan fingerprint density at radius 3 is 2.53 bits per heavy atom. The van der Waals surface area contributed by atoms with E-state index in [-0.39, 0.29) is 12.6 Å². The first kappa shape index (κ1) is 15.8. The molecule has 110 valence electrons. The number of urea groups is 1. The molecule has 2 amide bonds. The molecule has 0 aromatic carbocycles. The number of ether oxygens (including phenoxy) is 1. The molecule has 0 bridgehead atoms. The van der Waals surface area contributed by atoms with Gasteiger partial charge in [-0.15, -0.1) is 0 Å². The van der Waals surface area contributed by atoms with Gasteiger partial charge < -0.3 is 19.6 Å². The van der Waals surface area contributed by atoms with Crippen molar-refractivity contribution in [3.63, 3.8) is 0 Å². The highest BCUT2D eigenvalue weighted by molar-refractivity contribution is 5.81. The molecule has 0 aliphatic carbocycles. The number of likely N-dealkylation sites (tertiary alicyclic amines) is 1. The second-order valence-electron chi connectivity index (χ2n) is 5.99. The molecule has 1 aliphatic rings. The monoisotopic (exact) mass is 272 g/mol. The zero-order valence-corrected chi connectivity index (χ0v) is 12.2. The summed E-state index contributed by atoms with van der Waals surface area (Å²) in [4.78, 5) is 26.5. The van der Waals surface area contributed by atoms with Crippen LogP contribution in [-0.4, -0.2) is 65.8 Å². The number of carboxylic acid groups (broad SMARTS) is 1. The van der Waals surface area contributed by atoms with Crippen LogP contribution in [0.4, 0.5) is 4.79 Å². The van der Waals surface area contributed by atoms with Gasteiger partial charge in [0.1, 0.15) is 6.54 Å². The van der Waals surface area contributed by atoms with Crippen molar-refractivity contribution in [3.8, 4) is 0 Å². The van der Waals surface area contributed by atoms with Gasteiger partial charge in [0.2, 0.25) is 0 Å². The van der Waals surface area contributed by atoms with Gasteiger partial charge in [0.05, 0.1) is 6.61 Å². The van der Waals surface area contributed by atoms with Gasteiger partial charge in [-0.3, -0.25) is 4.79 Å². The summed E-state index contributed by atoms with van der Waals surface area (Å²) in [6.07, 6.45) is 0.907. The third-order valence-electron chi connectivity index (χ3n) is 3.29. The van der Waals surface area contributed by atoms with Crippen molar-refractivity contribution < 1.29 is 19.4 Å². The lowest BCUT2D eigenvalue weighted by Crippen LogP contribution is -2.53. The SMILES string of the molecule is COCC1CCN(C(=O)N(CC(=O)O)C(C)(C)C)C1. The first-order valence-electron chi connectivity index (χ1n) is 6.53. The number of nitrogens with zero attached hydrogens (tertiary/aromatic N) is 2. The average molecular weight is 272 g/mol. The van der Waals surface area contributed by atoms with Gasteiger partial charge in [-0.2, -0.15) is 0 Å². The molecular formula is C13H24N2O4. The Balaban J connectivity index is 2.70. The van der Waals surface area contributed by atoms with E-state index in [0.29, 0.717) is 25.6 Å². The summed E-state index contributed by atoms with van der Waals surface area (Å²) in [5.41, 5.74) is -0.505. The smallest absolute Gasteiger partial charge is 0.323 e. The average Bonchev–Trinajstić information content (AvgIpc) is 2.72.